The number of hydrogen-bond donors (Lipinski definition) is 2. The summed E-state index contributed by atoms with van der Waals surface area (Å²) in [6.07, 6.45) is 4.89. The Balaban J connectivity index is 2.22. The van der Waals surface area contributed by atoms with Crippen LogP contribution in [0.25, 0.3) is 5.69 Å². The van der Waals surface area contributed by atoms with E-state index >= 15 is 0 Å². The lowest BCUT2D eigenvalue weighted by Crippen LogP contribution is -2.44. The summed E-state index contributed by atoms with van der Waals surface area (Å²) in [5.41, 5.74) is 2.70. The third-order valence-corrected chi connectivity index (χ3v) is 5.55. The average molecular weight is 456 g/mol. The van der Waals surface area contributed by atoms with Gasteiger partial charge in [-0.1, -0.05) is 72.1 Å². The molecule has 33 heavy (non-hydrogen) atoms. The highest BCUT2D eigenvalue weighted by Gasteiger charge is 2.23. The number of benzene rings is 1. The van der Waals surface area contributed by atoms with Gasteiger partial charge in [0.15, 0.2) is 0 Å². The molecule has 0 saturated heterocycles. The molecule has 0 unspecified atom stereocenters. The van der Waals surface area contributed by atoms with Gasteiger partial charge in [0.1, 0.15) is 12.4 Å². The Bertz CT molecular complexity index is 914. The van der Waals surface area contributed by atoms with Crippen molar-refractivity contribution in [3.63, 3.8) is 0 Å². The van der Waals surface area contributed by atoms with Gasteiger partial charge in [0, 0.05) is 24.6 Å². The number of unbranched alkanes of at least 4 members (excludes halogenated alkanes) is 3. The number of nitrogens with one attached hydrogen (secondary N) is 2. The van der Waals surface area contributed by atoms with Gasteiger partial charge in [-0.2, -0.15) is 5.10 Å². The Hall–Kier alpha value is -2.83. The van der Waals surface area contributed by atoms with Gasteiger partial charge in [0.05, 0.1) is 11.4 Å². The molecular weight excluding hydrogens is 414 g/mol. The number of urea groups is 1. The maximum atomic E-state index is 13.0. The number of anilines is 1. The van der Waals surface area contributed by atoms with E-state index in [0.717, 1.165) is 49.0 Å². The fraction of sp³-hybridized carbons (Fsp3) is 0.577. The Morgan fingerprint density at radius 3 is 2.39 bits per heavy atom. The molecule has 2 aromatic rings. The average Bonchev–Trinajstić information content (AvgIpc) is 3.17. The van der Waals surface area contributed by atoms with Gasteiger partial charge in [-0.25, -0.2) is 9.48 Å². The molecule has 1 aromatic heterocycles. The molecule has 2 N–H and O–H groups in total. The standard InChI is InChI=1S/C26H41N5O2/c1-7-9-13-17-30(25(33)27-16-10-8-2)19-24(32)28-23-18-22(26(4,5)6)29-31(23)21-15-12-11-14-20(21)3/h11-12,14-15,18H,7-10,13,16-17,19H2,1-6H3,(H,27,33)(H,28,32). The predicted octanol–water partition coefficient (Wildman–Crippen LogP) is 5.42. The number of amides is 3. The Morgan fingerprint density at radius 2 is 1.76 bits per heavy atom. The summed E-state index contributed by atoms with van der Waals surface area (Å²) in [5.74, 6) is 0.381. The van der Waals surface area contributed by atoms with E-state index in [1.54, 1.807) is 9.58 Å². The fourth-order valence-electron chi connectivity index (χ4n) is 3.47. The topological polar surface area (TPSA) is 79.3 Å². The van der Waals surface area contributed by atoms with Crippen LogP contribution in [0.15, 0.2) is 30.3 Å². The molecule has 1 heterocycles. The van der Waals surface area contributed by atoms with Crippen LogP contribution in [0.5, 0.6) is 0 Å². The molecule has 0 bridgehead atoms. The van der Waals surface area contributed by atoms with E-state index < -0.39 is 0 Å². The van der Waals surface area contributed by atoms with E-state index in [0.29, 0.717) is 18.9 Å². The van der Waals surface area contributed by atoms with Crippen LogP contribution in [0.2, 0.25) is 0 Å². The first kappa shape index (κ1) is 26.4. The summed E-state index contributed by atoms with van der Waals surface area (Å²) in [5, 5.41) is 10.7. The molecule has 7 heteroatoms. The Morgan fingerprint density at radius 1 is 1.06 bits per heavy atom. The van der Waals surface area contributed by atoms with Crippen molar-refractivity contribution in [2.75, 3.05) is 25.0 Å². The Labute approximate surface area is 198 Å². The lowest BCUT2D eigenvalue weighted by molar-refractivity contribution is -0.116. The van der Waals surface area contributed by atoms with Crippen LogP contribution in [-0.2, 0) is 10.2 Å². The van der Waals surface area contributed by atoms with Crippen molar-refractivity contribution in [3.05, 3.63) is 41.6 Å². The zero-order valence-corrected chi connectivity index (χ0v) is 21.2. The number of aryl methyl sites for hydroxylation is 1. The minimum absolute atomic E-state index is 0.00543. The van der Waals surface area contributed by atoms with Crippen molar-refractivity contribution in [1.29, 1.82) is 0 Å². The monoisotopic (exact) mass is 455 g/mol. The van der Waals surface area contributed by atoms with Gasteiger partial charge >= 0.3 is 6.03 Å². The number of aromatic nitrogens is 2. The van der Waals surface area contributed by atoms with E-state index in [4.69, 9.17) is 5.10 Å². The second kappa shape index (κ2) is 12.4. The molecule has 1 aromatic carbocycles. The normalized spacial score (nSPS) is 11.3. The maximum absolute atomic E-state index is 13.0. The third-order valence-electron chi connectivity index (χ3n) is 5.55. The predicted molar refractivity (Wildman–Crippen MR) is 135 cm³/mol. The smallest absolute Gasteiger partial charge is 0.317 e. The van der Waals surface area contributed by atoms with Crippen molar-refractivity contribution < 1.29 is 9.59 Å². The molecule has 0 aliphatic rings. The fourth-order valence-corrected chi connectivity index (χ4v) is 3.47. The van der Waals surface area contributed by atoms with Crippen molar-refractivity contribution in [1.82, 2.24) is 20.0 Å². The lowest BCUT2D eigenvalue weighted by atomic mass is 9.92. The molecule has 2 rings (SSSR count). The molecule has 0 spiro atoms. The molecule has 0 aliphatic carbocycles. The lowest BCUT2D eigenvalue weighted by Gasteiger charge is -2.23. The van der Waals surface area contributed by atoms with E-state index in [-0.39, 0.29) is 23.9 Å². The van der Waals surface area contributed by atoms with E-state index in [9.17, 15) is 9.59 Å². The number of para-hydroxylation sites is 1. The summed E-state index contributed by atoms with van der Waals surface area (Å²) in [7, 11) is 0. The van der Waals surface area contributed by atoms with Crippen LogP contribution in [0.4, 0.5) is 10.6 Å². The van der Waals surface area contributed by atoms with Crippen LogP contribution < -0.4 is 10.6 Å². The van der Waals surface area contributed by atoms with Crippen LogP contribution in [0.1, 0.15) is 78.0 Å². The summed E-state index contributed by atoms with van der Waals surface area (Å²) < 4.78 is 1.79. The van der Waals surface area contributed by atoms with E-state index in [2.05, 4.69) is 45.3 Å². The minimum atomic E-state index is -0.229. The van der Waals surface area contributed by atoms with Crippen LogP contribution in [0.3, 0.4) is 0 Å². The summed E-state index contributed by atoms with van der Waals surface area (Å²) in [4.78, 5) is 27.3. The van der Waals surface area contributed by atoms with Gasteiger partial charge in [-0.05, 0) is 31.4 Å². The molecule has 182 valence electrons. The molecule has 0 fully saturated rings. The third kappa shape index (κ3) is 7.91. The first-order chi connectivity index (χ1) is 15.7. The highest BCUT2D eigenvalue weighted by Crippen LogP contribution is 2.27. The molecule has 0 aliphatic heterocycles. The van der Waals surface area contributed by atoms with E-state index in [1.165, 1.54) is 0 Å². The summed E-state index contributed by atoms with van der Waals surface area (Å²) >= 11 is 0. The number of hydrogen-bond acceptors (Lipinski definition) is 3. The molecule has 0 atom stereocenters. The van der Waals surface area contributed by atoms with Crippen LogP contribution in [-0.4, -0.2) is 46.3 Å². The van der Waals surface area contributed by atoms with Gasteiger partial charge in [-0.15, -0.1) is 0 Å². The molecule has 7 nitrogen and oxygen atoms in total. The first-order valence-electron chi connectivity index (χ1n) is 12.2. The van der Waals surface area contributed by atoms with Crippen molar-refractivity contribution >= 4 is 17.8 Å². The van der Waals surface area contributed by atoms with Gasteiger partial charge in [0.25, 0.3) is 0 Å². The summed E-state index contributed by atoms with van der Waals surface area (Å²) in [6, 6.07) is 9.70. The van der Waals surface area contributed by atoms with Crippen LogP contribution >= 0.6 is 0 Å². The second-order valence-electron chi connectivity index (χ2n) is 9.63. The van der Waals surface area contributed by atoms with Gasteiger partial charge in [-0.3, -0.25) is 4.79 Å². The molecular formula is C26H41N5O2. The minimum Gasteiger partial charge on any atom is -0.338 e. The number of carbonyl (C=O) groups is 2. The first-order valence-corrected chi connectivity index (χ1v) is 12.2. The van der Waals surface area contributed by atoms with Gasteiger partial charge < -0.3 is 15.5 Å². The highest BCUT2D eigenvalue weighted by molar-refractivity contribution is 5.94. The Kier molecular flexibility index (Phi) is 9.95. The molecule has 0 radical (unpaired) electrons. The van der Waals surface area contributed by atoms with Crippen molar-refractivity contribution in [3.8, 4) is 5.69 Å². The largest absolute Gasteiger partial charge is 0.338 e. The zero-order chi connectivity index (χ0) is 24.4. The van der Waals surface area contributed by atoms with Crippen molar-refractivity contribution in [2.45, 2.75) is 79.1 Å². The number of nitrogens with zero attached hydrogens (tertiary/aromatic N) is 3. The molecule has 0 saturated carbocycles. The number of carbonyl (C=O) groups excluding carboxylic acids is 2. The second-order valence-corrected chi connectivity index (χ2v) is 9.63. The van der Waals surface area contributed by atoms with Crippen molar-refractivity contribution in [2.24, 2.45) is 0 Å². The zero-order valence-electron chi connectivity index (χ0n) is 21.2. The summed E-state index contributed by atoms with van der Waals surface area (Å²) in [6.45, 7) is 13.7. The highest BCUT2D eigenvalue weighted by atomic mass is 16.2. The number of rotatable bonds is 11. The van der Waals surface area contributed by atoms with Crippen LogP contribution in [0, 0.1) is 6.92 Å². The van der Waals surface area contributed by atoms with E-state index in [1.807, 2.05) is 37.3 Å². The van der Waals surface area contributed by atoms with Gasteiger partial charge in [0.2, 0.25) is 5.91 Å². The molecule has 3 amide bonds. The SMILES string of the molecule is CCCCCN(CC(=O)Nc1cc(C(C)(C)C)nn1-c1ccccc1C)C(=O)NCCCC. The quantitative estimate of drug-likeness (QED) is 0.444. The maximum Gasteiger partial charge on any atom is 0.317 e.